The summed E-state index contributed by atoms with van der Waals surface area (Å²) in [6, 6.07) is 24.5. The number of anilines is 1. The molecule has 1 unspecified atom stereocenters. The molecule has 2 heterocycles. The van der Waals surface area contributed by atoms with Crippen molar-refractivity contribution in [2.24, 2.45) is 0 Å². The summed E-state index contributed by atoms with van der Waals surface area (Å²) in [5.74, 6) is 0.804. The number of pyridine rings is 1. The van der Waals surface area contributed by atoms with Gasteiger partial charge in [-0.2, -0.15) is 4.98 Å². The number of aromatic nitrogens is 3. The molecule has 0 spiro atoms. The summed E-state index contributed by atoms with van der Waals surface area (Å²) in [4.78, 5) is 8.55. The number of aliphatic hydroxyl groups is 1. The third kappa shape index (κ3) is 7.77. The minimum Gasteiger partial charge on any atom is -0.387 e. The van der Waals surface area contributed by atoms with Gasteiger partial charge in [-0.05, 0) is 78.7 Å². The van der Waals surface area contributed by atoms with Gasteiger partial charge < -0.3 is 14.9 Å². The van der Waals surface area contributed by atoms with Crippen molar-refractivity contribution in [1.29, 1.82) is 0 Å². The van der Waals surface area contributed by atoms with Crippen molar-refractivity contribution in [3.8, 4) is 11.4 Å². The first kappa shape index (κ1) is 28.4. The summed E-state index contributed by atoms with van der Waals surface area (Å²) < 4.78 is 33.9. The van der Waals surface area contributed by atoms with Crippen LogP contribution in [0.25, 0.3) is 11.4 Å². The van der Waals surface area contributed by atoms with Crippen LogP contribution >= 0.6 is 11.6 Å². The topological polar surface area (TPSA) is 130 Å². The molecule has 0 aliphatic rings. The number of nitrogens with one attached hydrogen (secondary N) is 2. The highest BCUT2D eigenvalue weighted by Crippen LogP contribution is 2.22. The smallest absolute Gasteiger partial charge is 0.261 e. The van der Waals surface area contributed by atoms with Gasteiger partial charge in [-0.15, -0.1) is 0 Å². The molecule has 3 aromatic carbocycles. The molecule has 0 bridgehead atoms. The highest BCUT2D eigenvalue weighted by molar-refractivity contribution is 7.92. The lowest BCUT2D eigenvalue weighted by atomic mass is 10.1. The van der Waals surface area contributed by atoms with Crippen molar-refractivity contribution >= 4 is 27.3 Å². The van der Waals surface area contributed by atoms with Gasteiger partial charge in [0, 0.05) is 40.8 Å². The summed E-state index contributed by atoms with van der Waals surface area (Å²) in [6.45, 7) is 1.08. The number of hydrogen-bond acceptors (Lipinski definition) is 8. The van der Waals surface area contributed by atoms with Crippen LogP contribution in [0.5, 0.6) is 0 Å². The van der Waals surface area contributed by atoms with E-state index >= 15 is 0 Å². The van der Waals surface area contributed by atoms with Crippen molar-refractivity contribution < 1.29 is 18.0 Å². The maximum Gasteiger partial charge on any atom is 0.261 e. The predicted molar refractivity (Wildman–Crippen MR) is 157 cm³/mol. The van der Waals surface area contributed by atoms with Crippen molar-refractivity contribution in [2.75, 3.05) is 17.8 Å². The first-order valence-electron chi connectivity index (χ1n) is 12.9. The SMILES string of the molecule is O=S(=O)(Nc1ccc(CCNCC(O)c2cccnc2)cc1)c1ccc(-c2noc(Cc3cccc(Cl)c3)n2)cc1. The fourth-order valence-electron chi connectivity index (χ4n) is 4.16. The second kappa shape index (κ2) is 13.0. The van der Waals surface area contributed by atoms with E-state index in [1.165, 1.54) is 12.1 Å². The van der Waals surface area contributed by atoms with Gasteiger partial charge in [0.2, 0.25) is 11.7 Å². The Kier molecular flexibility index (Phi) is 9.05. The first-order valence-corrected chi connectivity index (χ1v) is 14.8. The quantitative estimate of drug-likeness (QED) is 0.173. The van der Waals surface area contributed by atoms with E-state index in [1.807, 2.05) is 36.4 Å². The lowest BCUT2D eigenvalue weighted by Crippen LogP contribution is -2.23. The lowest BCUT2D eigenvalue weighted by Gasteiger charge is -2.12. The molecule has 5 aromatic rings. The number of nitrogens with zero attached hydrogens (tertiary/aromatic N) is 3. The van der Waals surface area contributed by atoms with Gasteiger partial charge in [0.1, 0.15) is 0 Å². The number of rotatable bonds is 12. The standard InChI is InChI=1S/C30H28ClN5O4S/c31-25-5-1-3-22(17-25)18-29-34-30(35-40-29)23-8-12-27(13-9-23)41(38,39)36-26-10-6-21(7-11-26)14-16-33-20-28(37)24-4-2-15-32-19-24/h1-13,15,17,19,28,33,36-37H,14,16,18,20H2. The van der Waals surface area contributed by atoms with Crippen LogP contribution in [0.15, 0.2) is 107 Å². The molecular weight excluding hydrogens is 562 g/mol. The third-order valence-electron chi connectivity index (χ3n) is 6.34. The van der Waals surface area contributed by atoms with E-state index in [0.29, 0.717) is 47.5 Å². The van der Waals surface area contributed by atoms with Crippen LogP contribution in [-0.4, -0.2) is 41.7 Å². The largest absolute Gasteiger partial charge is 0.387 e. The predicted octanol–water partition coefficient (Wildman–Crippen LogP) is 5.04. The molecule has 210 valence electrons. The highest BCUT2D eigenvalue weighted by Gasteiger charge is 2.16. The van der Waals surface area contributed by atoms with Crippen LogP contribution in [0.4, 0.5) is 5.69 Å². The Morgan fingerprint density at radius 1 is 0.951 bits per heavy atom. The zero-order valence-corrected chi connectivity index (χ0v) is 23.5. The Labute approximate surface area is 243 Å². The number of sulfonamides is 1. The van der Waals surface area contributed by atoms with Crippen LogP contribution in [0.1, 0.15) is 28.7 Å². The van der Waals surface area contributed by atoms with Crippen LogP contribution in [0, 0.1) is 0 Å². The molecule has 0 radical (unpaired) electrons. The zero-order chi connectivity index (χ0) is 28.7. The second-order valence-corrected chi connectivity index (χ2v) is 11.5. The minimum atomic E-state index is -3.79. The van der Waals surface area contributed by atoms with E-state index in [2.05, 4.69) is 25.2 Å². The molecular formula is C30H28ClN5O4S. The maximum atomic E-state index is 13.0. The molecule has 41 heavy (non-hydrogen) atoms. The summed E-state index contributed by atoms with van der Waals surface area (Å²) in [7, 11) is -3.79. The molecule has 2 aromatic heterocycles. The van der Waals surface area contributed by atoms with Crippen LogP contribution in [0.3, 0.4) is 0 Å². The third-order valence-corrected chi connectivity index (χ3v) is 7.97. The zero-order valence-electron chi connectivity index (χ0n) is 21.9. The van der Waals surface area contributed by atoms with Gasteiger partial charge in [0.15, 0.2) is 0 Å². The molecule has 0 fully saturated rings. The summed E-state index contributed by atoms with van der Waals surface area (Å²) in [5, 5.41) is 18.1. The molecule has 3 N–H and O–H groups in total. The van der Waals surface area contributed by atoms with Gasteiger partial charge in [-0.3, -0.25) is 9.71 Å². The Balaban J connectivity index is 1.13. The molecule has 0 aliphatic heterocycles. The molecule has 0 aliphatic carbocycles. The average molecular weight is 590 g/mol. The van der Waals surface area contributed by atoms with E-state index in [4.69, 9.17) is 16.1 Å². The van der Waals surface area contributed by atoms with Crippen LogP contribution < -0.4 is 10.0 Å². The average Bonchev–Trinajstić information content (AvgIpc) is 3.45. The first-order chi connectivity index (χ1) is 19.9. The molecule has 0 amide bonds. The van der Waals surface area contributed by atoms with Gasteiger partial charge in [-0.1, -0.05) is 47.1 Å². The van der Waals surface area contributed by atoms with Crippen molar-refractivity contribution in [3.05, 3.63) is 125 Å². The lowest BCUT2D eigenvalue weighted by molar-refractivity contribution is 0.174. The Morgan fingerprint density at radius 3 is 2.49 bits per heavy atom. The molecule has 9 nitrogen and oxygen atoms in total. The molecule has 11 heteroatoms. The fraction of sp³-hybridized carbons (Fsp3) is 0.167. The van der Waals surface area contributed by atoms with E-state index in [1.54, 1.807) is 48.8 Å². The summed E-state index contributed by atoms with van der Waals surface area (Å²) in [5.41, 5.74) is 3.84. The van der Waals surface area contributed by atoms with Gasteiger partial charge in [0.05, 0.1) is 17.4 Å². The molecule has 0 saturated carbocycles. The summed E-state index contributed by atoms with van der Waals surface area (Å²) >= 11 is 6.04. The number of aliphatic hydroxyl groups excluding tert-OH is 1. The number of halogens is 1. The van der Waals surface area contributed by atoms with Gasteiger partial charge >= 0.3 is 0 Å². The Hall–Kier alpha value is -4.09. The molecule has 0 saturated heterocycles. The van der Waals surface area contributed by atoms with Crippen LogP contribution in [0.2, 0.25) is 5.02 Å². The maximum absolute atomic E-state index is 13.0. The van der Waals surface area contributed by atoms with Gasteiger partial charge in [-0.25, -0.2) is 8.42 Å². The van der Waals surface area contributed by atoms with E-state index in [9.17, 15) is 13.5 Å². The van der Waals surface area contributed by atoms with Crippen molar-refractivity contribution in [2.45, 2.75) is 23.8 Å². The second-order valence-electron chi connectivity index (χ2n) is 9.40. The highest BCUT2D eigenvalue weighted by atomic mass is 35.5. The van der Waals surface area contributed by atoms with E-state index in [0.717, 1.165) is 23.1 Å². The normalized spacial score (nSPS) is 12.2. The Morgan fingerprint density at radius 2 is 1.76 bits per heavy atom. The number of hydrogen-bond donors (Lipinski definition) is 3. The summed E-state index contributed by atoms with van der Waals surface area (Å²) in [6.07, 6.45) is 3.86. The monoisotopic (exact) mass is 589 g/mol. The minimum absolute atomic E-state index is 0.115. The number of benzene rings is 3. The Bertz CT molecular complexity index is 1680. The van der Waals surface area contributed by atoms with E-state index in [-0.39, 0.29) is 4.90 Å². The van der Waals surface area contributed by atoms with Crippen molar-refractivity contribution in [3.63, 3.8) is 0 Å². The van der Waals surface area contributed by atoms with Crippen LogP contribution in [-0.2, 0) is 22.9 Å². The molecule has 5 rings (SSSR count). The fourth-order valence-corrected chi connectivity index (χ4v) is 5.44. The molecule has 1 atom stereocenters. The van der Waals surface area contributed by atoms with Gasteiger partial charge in [0.25, 0.3) is 10.0 Å². The van der Waals surface area contributed by atoms with E-state index < -0.39 is 16.1 Å². The van der Waals surface area contributed by atoms with Crippen molar-refractivity contribution in [1.82, 2.24) is 20.4 Å².